The van der Waals surface area contributed by atoms with Crippen molar-refractivity contribution < 1.29 is 9.15 Å². The van der Waals surface area contributed by atoms with E-state index in [1.54, 1.807) is 13.4 Å². The summed E-state index contributed by atoms with van der Waals surface area (Å²) in [5.41, 5.74) is 6.10. The molecule has 0 bridgehead atoms. The van der Waals surface area contributed by atoms with E-state index in [1.807, 2.05) is 42.5 Å². The first-order valence-electron chi connectivity index (χ1n) is 10.2. The van der Waals surface area contributed by atoms with Gasteiger partial charge < -0.3 is 9.15 Å². The smallest absolute Gasteiger partial charge is 0.154 e. The molecule has 2 heterocycles. The van der Waals surface area contributed by atoms with Crippen molar-refractivity contribution >= 4 is 0 Å². The van der Waals surface area contributed by atoms with E-state index in [2.05, 4.69) is 60.0 Å². The van der Waals surface area contributed by atoms with Gasteiger partial charge in [-0.25, -0.2) is 4.98 Å². The first-order valence-corrected chi connectivity index (χ1v) is 10.2. The van der Waals surface area contributed by atoms with Crippen molar-refractivity contribution in [2.75, 3.05) is 7.11 Å². The molecule has 5 aromatic rings. The molecule has 0 atom stereocenters. The fraction of sp³-hybridized carbons (Fsp3) is 0.0741. The third-order valence-corrected chi connectivity index (χ3v) is 5.32. The van der Waals surface area contributed by atoms with Gasteiger partial charge in [-0.05, 0) is 43.3 Å². The SMILES string of the molecule is COc1ccc(-n2c(-c3ccc(C)cc3)nc(-c3ccco3)c2-c2ccccc2)cc1. The molecule has 0 aliphatic carbocycles. The van der Waals surface area contributed by atoms with Crippen molar-refractivity contribution in [3.63, 3.8) is 0 Å². The number of benzene rings is 3. The third kappa shape index (κ3) is 3.53. The highest BCUT2D eigenvalue weighted by Gasteiger charge is 2.23. The van der Waals surface area contributed by atoms with Crippen LogP contribution in [0.5, 0.6) is 5.75 Å². The molecular weight excluding hydrogens is 384 g/mol. The highest BCUT2D eigenvalue weighted by molar-refractivity contribution is 5.82. The Morgan fingerprint density at radius 3 is 2.16 bits per heavy atom. The van der Waals surface area contributed by atoms with Gasteiger partial charge in [0, 0.05) is 16.8 Å². The van der Waals surface area contributed by atoms with Crippen molar-refractivity contribution in [1.29, 1.82) is 0 Å². The predicted molar refractivity (Wildman–Crippen MR) is 123 cm³/mol. The van der Waals surface area contributed by atoms with Crippen molar-refractivity contribution in [2.45, 2.75) is 6.92 Å². The van der Waals surface area contributed by atoms with E-state index in [9.17, 15) is 0 Å². The Morgan fingerprint density at radius 2 is 1.52 bits per heavy atom. The number of furan rings is 1. The molecule has 2 aromatic heterocycles. The Kier molecular flexibility index (Phi) is 4.89. The lowest BCUT2D eigenvalue weighted by Gasteiger charge is -2.14. The number of nitrogens with zero attached hydrogens (tertiary/aromatic N) is 2. The molecule has 0 fully saturated rings. The zero-order chi connectivity index (χ0) is 21.2. The number of imidazole rings is 1. The lowest BCUT2D eigenvalue weighted by Crippen LogP contribution is -2.00. The van der Waals surface area contributed by atoms with E-state index in [0.29, 0.717) is 0 Å². The van der Waals surface area contributed by atoms with Crippen molar-refractivity contribution in [2.24, 2.45) is 0 Å². The summed E-state index contributed by atoms with van der Waals surface area (Å²) >= 11 is 0. The van der Waals surface area contributed by atoms with Crippen LogP contribution in [0.15, 0.2) is 102 Å². The van der Waals surface area contributed by atoms with Gasteiger partial charge in [0.2, 0.25) is 0 Å². The van der Waals surface area contributed by atoms with Gasteiger partial charge in [0.25, 0.3) is 0 Å². The van der Waals surface area contributed by atoms with Crippen LogP contribution >= 0.6 is 0 Å². The third-order valence-electron chi connectivity index (χ3n) is 5.32. The fourth-order valence-electron chi connectivity index (χ4n) is 3.75. The molecule has 152 valence electrons. The molecule has 5 rings (SSSR count). The largest absolute Gasteiger partial charge is 0.497 e. The zero-order valence-corrected chi connectivity index (χ0v) is 17.4. The average Bonchev–Trinajstić information content (AvgIpc) is 3.48. The van der Waals surface area contributed by atoms with Gasteiger partial charge >= 0.3 is 0 Å². The molecule has 0 aliphatic rings. The van der Waals surface area contributed by atoms with Gasteiger partial charge in [-0.1, -0.05) is 60.2 Å². The predicted octanol–water partition coefficient (Wildman–Crippen LogP) is 6.78. The minimum atomic E-state index is 0.736. The summed E-state index contributed by atoms with van der Waals surface area (Å²) < 4.78 is 13.3. The number of hydrogen-bond acceptors (Lipinski definition) is 3. The lowest BCUT2D eigenvalue weighted by atomic mass is 10.1. The molecule has 0 radical (unpaired) electrons. The standard InChI is InChI=1S/C27H22N2O2/c1-19-10-12-21(13-11-19)27-28-25(24-9-6-18-31-24)26(20-7-4-3-5-8-20)29(27)22-14-16-23(30-2)17-15-22/h3-18H,1-2H3. The van der Waals surface area contributed by atoms with Gasteiger partial charge in [-0.3, -0.25) is 4.57 Å². The molecule has 3 aromatic carbocycles. The number of aromatic nitrogens is 2. The molecule has 0 unspecified atom stereocenters. The Labute approximate surface area is 181 Å². The number of hydrogen-bond donors (Lipinski definition) is 0. The Morgan fingerprint density at radius 1 is 0.774 bits per heavy atom. The highest BCUT2D eigenvalue weighted by Crippen LogP contribution is 2.38. The van der Waals surface area contributed by atoms with Crippen LogP contribution in [0.1, 0.15) is 5.56 Å². The Hall–Kier alpha value is -4.05. The second-order valence-electron chi connectivity index (χ2n) is 7.38. The van der Waals surface area contributed by atoms with E-state index in [1.165, 1.54) is 5.56 Å². The van der Waals surface area contributed by atoms with Crippen molar-refractivity contribution in [1.82, 2.24) is 9.55 Å². The Balaban J connectivity index is 1.84. The van der Waals surface area contributed by atoms with Gasteiger partial charge in [0.15, 0.2) is 5.76 Å². The van der Waals surface area contributed by atoms with Crippen LogP contribution in [0.25, 0.3) is 39.8 Å². The topological polar surface area (TPSA) is 40.2 Å². The summed E-state index contributed by atoms with van der Waals surface area (Å²) in [4.78, 5) is 5.09. The van der Waals surface area contributed by atoms with Crippen LogP contribution in [-0.2, 0) is 0 Å². The summed E-state index contributed by atoms with van der Waals surface area (Å²) in [7, 11) is 1.67. The summed E-state index contributed by atoms with van der Waals surface area (Å²) in [5, 5.41) is 0. The summed E-state index contributed by atoms with van der Waals surface area (Å²) in [5.74, 6) is 2.41. The van der Waals surface area contributed by atoms with Crippen molar-refractivity contribution in [3.05, 3.63) is 103 Å². The molecule has 0 saturated carbocycles. The molecule has 0 spiro atoms. The van der Waals surface area contributed by atoms with Crippen LogP contribution in [0.4, 0.5) is 0 Å². The van der Waals surface area contributed by atoms with Crippen molar-refractivity contribution in [3.8, 4) is 45.5 Å². The van der Waals surface area contributed by atoms with Gasteiger partial charge in [-0.2, -0.15) is 0 Å². The maximum atomic E-state index is 5.78. The first kappa shape index (κ1) is 18.9. The number of aryl methyl sites for hydroxylation is 1. The molecule has 0 amide bonds. The molecule has 0 aliphatic heterocycles. The summed E-state index contributed by atoms with van der Waals surface area (Å²) in [6, 6.07) is 30.6. The van der Waals surface area contributed by atoms with Gasteiger partial charge in [0.1, 0.15) is 17.3 Å². The number of methoxy groups -OCH3 is 1. The van der Waals surface area contributed by atoms with E-state index in [4.69, 9.17) is 14.1 Å². The normalized spacial score (nSPS) is 10.9. The summed E-state index contributed by atoms with van der Waals surface area (Å²) in [6.45, 7) is 2.09. The van der Waals surface area contributed by atoms with E-state index < -0.39 is 0 Å². The van der Waals surface area contributed by atoms with Crippen LogP contribution in [0.2, 0.25) is 0 Å². The maximum absolute atomic E-state index is 5.78. The van der Waals surface area contributed by atoms with E-state index >= 15 is 0 Å². The molecule has 31 heavy (non-hydrogen) atoms. The van der Waals surface area contributed by atoms with Gasteiger partial charge in [-0.15, -0.1) is 0 Å². The average molecular weight is 406 g/mol. The minimum Gasteiger partial charge on any atom is -0.497 e. The quantitative estimate of drug-likeness (QED) is 0.323. The second-order valence-corrected chi connectivity index (χ2v) is 7.38. The molecule has 0 saturated heterocycles. The monoisotopic (exact) mass is 406 g/mol. The number of ether oxygens (including phenoxy) is 1. The molecule has 4 nitrogen and oxygen atoms in total. The zero-order valence-electron chi connectivity index (χ0n) is 17.4. The van der Waals surface area contributed by atoms with Crippen LogP contribution in [0.3, 0.4) is 0 Å². The Bertz CT molecular complexity index is 1280. The van der Waals surface area contributed by atoms with Gasteiger partial charge in [0.05, 0.1) is 19.1 Å². The van der Waals surface area contributed by atoms with Crippen LogP contribution < -0.4 is 4.74 Å². The number of rotatable bonds is 5. The molecule has 0 N–H and O–H groups in total. The minimum absolute atomic E-state index is 0.736. The highest BCUT2D eigenvalue weighted by atomic mass is 16.5. The first-order chi connectivity index (χ1) is 15.2. The molecule has 4 heteroatoms. The fourth-order valence-corrected chi connectivity index (χ4v) is 3.75. The second kappa shape index (κ2) is 8.00. The molecular formula is C27H22N2O2. The lowest BCUT2D eigenvalue weighted by molar-refractivity contribution is 0.415. The van der Waals surface area contributed by atoms with E-state index in [-0.39, 0.29) is 0 Å². The van der Waals surface area contributed by atoms with Crippen LogP contribution in [0, 0.1) is 6.92 Å². The van der Waals surface area contributed by atoms with Crippen LogP contribution in [-0.4, -0.2) is 16.7 Å². The summed E-state index contributed by atoms with van der Waals surface area (Å²) in [6.07, 6.45) is 1.68. The van der Waals surface area contributed by atoms with E-state index in [0.717, 1.165) is 45.5 Å². The maximum Gasteiger partial charge on any atom is 0.154 e.